The fourth-order valence-corrected chi connectivity index (χ4v) is 6.01. The summed E-state index contributed by atoms with van der Waals surface area (Å²) in [6.07, 6.45) is 3.85. The molecule has 28 heavy (non-hydrogen) atoms. The van der Waals surface area contributed by atoms with Gasteiger partial charge in [-0.1, -0.05) is 48.5 Å². The van der Waals surface area contributed by atoms with E-state index in [1.165, 1.54) is 0 Å². The average molecular weight is 412 g/mol. The van der Waals surface area contributed by atoms with E-state index in [1.54, 1.807) is 28.4 Å². The van der Waals surface area contributed by atoms with Crippen LogP contribution in [0.1, 0.15) is 16.9 Å². The van der Waals surface area contributed by atoms with Gasteiger partial charge < -0.3 is 4.90 Å². The number of sulfone groups is 1. The predicted octanol–water partition coefficient (Wildman–Crippen LogP) is 4.13. The monoisotopic (exact) mass is 411 g/mol. The molecule has 4 rings (SSSR count). The number of hydrogen-bond donors (Lipinski definition) is 0. The van der Waals surface area contributed by atoms with Gasteiger partial charge in [-0.05, 0) is 40.3 Å². The van der Waals surface area contributed by atoms with Crippen molar-refractivity contribution in [3.63, 3.8) is 0 Å². The number of amides is 1. The lowest BCUT2D eigenvalue weighted by Gasteiger charge is -2.28. The van der Waals surface area contributed by atoms with Crippen molar-refractivity contribution in [1.82, 2.24) is 4.90 Å². The molecule has 3 aromatic rings. The highest BCUT2D eigenvalue weighted by Crippen LogP contribution is 2.25. The molecule has 144 valence electrons. The normalized spacial score (nSPS) is 18.6. The molecular weight excluding hydrogens is 390 g/mol. The van der Waals surface area contributed by atoms with Crippen LogP contribution in [-0.2, 0) is 21.2 Å². The molecule has 1 aliphatic rings. The van der Waals surface area contributed by atoms with E-state index < -0.39 is 9.84 Å². The van der Waals surface area contributed by atoms with E-state index >= 15 is 0 Å². The first-order valence-electron chi connectivity index (χ1n) is 9.21. The topological polar surface area (TPSA) is 54.5 Å². The van der Waals surface area contributed by atoms with Crippen LogP contribution in [0.25, 0.3) is 16.8 Å². The molecule has 1 atom stereocenters. The highest BCUT2D eigenvalue weighted by atomic mass is 32.2. The molecular formula is C22H21NO3S2. The Morgan fingerprint density at radius 1 is 1.11 bits per heavy atom. The van der Waals surface area contributed by atoms with Gasteiger partial charge in [-0.2, -0.15) is 0 Å². The maximum atomic E-state index is 13.0. The van der Waals surface area contributed by atoms with Crippen LogP contribution in [0.5, 0.6) is 0 Å². The summed E-state index contributed by atoms with van der Waals surface area (Å²) in [5.74, 6) is 0.0329. The lowest BCUT2D eigenvalue weighted by molar-refractivity contribution is -0.128. The van der Waals surface area contributed by atoms with Crippen molar-refractivity contribution in [3.8, 4) is 0 Å². The summed E-state index contributed by atoms with van der Waals surface area (Å²) < 4.78 is 24.0. The fraction of sp³-hybridized carbons (Fsp3) is 0.227. The Morgan fingerprint density at radius 2 is 1.93 bits per heavy atom. The molecule has 0 bridgehead atoms. The van der Waals surface area contributed by atoms with Gasteiger partial charge in [-0.3, -0.25) is 4.79 Å². The minimum atomic E-state index is -3.08. The third-order valence-electron chi connectivity index (χ3n) is 5.09. The van der Waals surface area contributed by atoms with Crippen LogP contribution in [-0.4, -0.2) is 36.8 Å². The molecule has 1 aliphatic heterocycles. The predicted molar refractivity (Wildman–Crippen MR) is 115 cm³/mol. The molecule has 0 unspecified atom stereocenters. The Kier molecular flexibility index (Phi) is 5.33. The van der Waals surface area contributed by atoms with Gasteiger partial charge in [0.05, 0.1) is 11.5 Å². The molecule has 2 heterocycles. The summed E-state index contributed by atoms with van der Waals surface area (Å²) in [5.41, 5.74) is 1.03. The number of carbonyl (C=O) groups is 1. The first-order chi connectivity index (χ1) is 13.5. The van der Waals surface area contributed by atoms with Gasteiger partial charge in [0.1, 0.15) is 0 Å². The zero-order chi connectivity index (χ0) is 19.6. The minimum absolute atomic E-state index is 0.0380. The van der Waals surface area contributed by atoms with Crippen molar-refractivity contribution in [2.24, 2.45) is 0 Å². The summed E-state index contributed by atoms with van der Waals surface area (Å²) >= 11 is 1.56. The number of rotatable bonds is 5. The maximum Gasteiger partial charge on any atom is 0.247 e. The first-order valence-corrected chi connectivity index (χ1v) is 11.9. The van der Waals surface area contributed by atoms with Crippen LogP contribution in [0, 0.1) is 0 Å². The summed E-state index contributed by atoms with van der Waals surface area (Å²) in [4.78, 5) is 15.7. The number of thiophene rings is 1. The zero-order valence-corrected chi connectivity index (χ0v) is 17.0. The molecule has 6 heteroatoms. The maximum absolute atomic E-state index is 13.0. The SMILES string of the molecule is O=C(/C=C/c1cccs1)N(Cc1cccc2ccccc12)[C@@H]1CCS(=O)(=O)C1. The van der Waals surface area contributed by atoms with Crippen LogP contribution < -0.4 is 0 Å². The van der Waals surface area contributed by atoms with Crippen molar-refractivity contribution in [2.45, 2.75) is 19.0 Å². The number of carbonyl (C=O) groups excluding carboxylic acids is 1. The second-order valence-electron chi connectivity index (χ2n) is 7.01. The van der Waals surface area contributed by atoms with Crippen molar-refractivity contribution in [3.05, 3.63) is 76.5 Å². The molecule has 0 aliphatic carbocycles. The Hall–Kier alpha value is -2.44. The van der Waals surface area contributed by atoms with E-state index in [2.05, 4.69) is 0 Å². The zero-order valence-electron chi connectivity index (χ0n) is 15.3. The smallest absolute Gasteiger partial charge is 0.247 e. The van der Waals surface area contributed by atoms with Gasteiger partial charge in [-0.25, -0.2) is 8.42 Å². The number of hydrogen-bond acceptors (Lipinski definition) is 4. The Morgan fingerprint density at radius 3 is 2.68 bits per heavy atom. The summed E-state index contributed by atoms with van der Waals surface area (Å²) in [6, 6.07) is 17.7. The van der Waals surface area contributed by atoms with Crippen LogP contribution >= 0.6 is 11.3 Å². The average Bonchev–Trinajstić information content (AvgIpc) is 3.33. The third-order valence-corrected chi connectivity index (χ3v) is 7.67. The molecule has 1 aromatic heterocycles. The third kappa shape index (κ3) is 4.18. The van der Waals surface area contributed by atoms with Gasteiger partial charge in [0.15, 0.2) is 9.84 Å². The molecule has 1 amide bonds. The standard InChI is InChI=1S/C22H21NO3S2/c24-22(11-10-20-8-4-13-27-20)23(19-12-14-28(25,26)16-19)15-18-7-3-6-17-5-1-2-9-21(17)18/h1-11,13,19H,12,14-16H2/b11-10+/t19-/m1/s1. The van der Waals surface area contributed by atoms with E-state index in [-0.39, 0.29) is 23.5 Å². The second-order valence-corrected chi connectivity index (χ2v) is 10.2. The molecule has 0 spiro atoms. The number of fused-ring (bicyclic) bond motifs is 1. The quantitative estimate of drug-likeness (QED) is 0.593. The van der Waals surface area contributed by atoms with Crippen molar-refractivity contribution >= 4 is 43.9 Å². The molecule has 0 N–H and O–H groups in total. The van der Waals surface area contributed by atoms with E-state index in [9.17, 15) is 13.2 Å². The van der Waals surface area contributed by atoms with Crippen molar-refractivity contribution in [2.75, 3.05) is 11.5 Å². The number of nitrogens with zero attached hydrogens (tertiary/aromatic N) is 1. The molecule has 0 saturated carbocycles. The highest BCUT2D eigenvalue weighted by Gasteiger charge is 2.34. The molecule has 2 aromatic carbocycles. The van der Waals surface area contributed by atoms with Gasteiger partial charge in [0, 0.05) is 23.5 Å². The van der Waals surface area contributed by atoms with Crippen LogP contribution in [0.3, 0.4) is 0 Å². The molecule has 1 fully saturated rings. The lowest BCUT2D eigenvalue weighted by Crippen LogP contribution is -2.39. The van der Waals surface area contributed by atoms with Crippen molar-refractivity contribution < 1.29 is 13.2 Å². The van der Waals surface area contributed by atoms with Crippen LogP contribution in [0.4, 0.5) is 0 Å². The Balaban J connectivity index is 1.65. The van der Waals surface area contributed by atoms with E-state index in [0.29, 0.717) is 13.0 Å². The second kappa shape index (κ2) is 7.89. The summed E-state index contributed by atoms with van der Waals surface area (Å²) in [7, 11) is -3.08. The molecule has 1 saturated heterocycles. The van der Waals surface area contributed by atoms with Gasteiger partial charge in [0.2, 0.25) is 5.91 Å². The van der Waals surface area contributed by atoms with Gasteiger partial charge in [-0.15, -0.1) is 11.3 Å². The van der Waals surface area contributed by atoms with Crippen LogP contribution in [0.15, 0.2) is 66.1 Å². The molecule has 0 radical (unpaired) electrons. The summed E-state index contributed by atoms with van der Waals surface area (Å²) in [5, 5.41) is 4.16. The molecule has 4 nitrogen and oxygen atoms in total. The van der Waals surface area contributed by atoms with Gasteiger partial charge in [0.25, 0.3) is 0 Å². The lowest BCUT2D eigenvalue weighted by atomic mass is 10.0. The van der Waals surface area contributed by atoms with E-state index in [1.807, 2.05) is 60.0 Å². The summed E-state index contributed by atoms with van der Waals surface area (Å²) in [6.45, 7) is 0.398. The minimum Gasteiger partial charge on any atom is -0.331 e. The highest BCUT2D eigenvalue weighted by molar-refractivity contribution is 7.91. The Labute approximate surface area is 169 Å². The number of benzene rings is 2. The Bertz CT molecular complexity index is 1110. The first kappa shape index (κ1) is 18.9. The van der Waals surface area contributed by atoms with Crippen LogP contribution in [0.2, 0.25) is 0 Å². The fourth-order valence-electron chi connectivity index (χ4n) is 3.66. The van der Waals surface area contributed by atoms with Gasteiger partial charge >= 0.3 is 0 Å². The van der Waals surface area contributed by atoms with Crippen molar-refractivity contribution in [1.29, 1.82) is 0 Å². The largest absolute Gasteiger partial charge is 0.331 e. The van der Waals surface area contributed by atoms with E-state index in [0.717, 1.165) is 21.2 Å². The van der Waals surface area contributed by atoms with E-state index in [4.69, 9.17) is 0 Å².